The zero-order valence-corrected chi connectivity index (χ0v) is 10.7. The molecule has 0 aliphatic heterocycles. The minimum absolute atomic E-state index is 0.0864. The van der Waals surface area contributed by atoms with Crippen LogP contribution in [-0.2, 0) is 0 Å². The lowest BCUT2D eigenvalue weighted by atomic mass is 10.1. The third-order valence-corrected chi connectivity index (χ3v) is 2.86. The number of rotatable bonds is 4. The number of alkyl halides is 3. The fraction of sp³-hybridized carbons (Fsp3) is 0.455. The lowest BCUT2D eigenvalue weighted by Crippen LogP contribution is -2.11. The summed E-state index contributed by atoms with van der Waals surface area (Å²) in [4.78, 5) is 4.12. The SMILES string of the molecule is Cc1cc(NCCSC(F)(F)F)c(C#N)c(C)n1. The molecule has 0 bridgehead atoms. The molecule has 0 saturated carbocycles. The predicted octanol–water partition coefficient (Wildman–Crippen LogP) is 3.24. The summed E-state index contributed by atoms with van der Waals surface area (Å²) in [6.45, 7) is 3.60. The van der Waals surface area contributed by atoms with Crippen molar-refractivity contribution in [2.45, 2.75) is 19.4 Å². The number of nitrogens with one attached hydrogen (secondary N) is 1. The molecule has 0 spiro atoms. The summed E-state index contributed by atoms with van der Waals surface area (Å²) in [6.07, 6.45) is 0. The van der Waals surface area contributed by atoms with Gasteiger partial charge in [0.15, 0.2) is 0 Å². The molecule has 0 aliphatic carbocycles. The summed E-state index contributed by atoms with van der Waals surface area (Å²) in [7, 11) is 0. The van der Waals surface area contributed by atoms with Crippen LogP contribution in [0, 0.1) is 25.2 Å². The predicted molar refractivity (Wildman–Crippen MR) is 65.4 cm³/mol. The topological polar surface area (TPSA) is 48.7 Å². The molecule has 0 aromatic carbocycles. The van der Waals surface area contributed by atoms with Crippen molar-refractivity contribution in [3.05, 3.63) is 23.0 Å². The average Bonchev–Trinajstić information content (AvgIpc) is 2.22. The first-order valence-corrected chi connectivity index (χ1v) is 6.15. The second kappa shape index (κ2) is 5.96. The molecule has 0 atom stereocenters. The lowest BCUT2D eigenvalue weighted by molar-refractivity contribution is -0.0327. The van der Waals surface area contributed by atoms with Crippen LogP contribution in [0.1, 0.15) is 17.0 Å². The Morgan fingerprint density at radius 2 is 2.11 bits per heavy atom. The van der Waals surface area contributed by atoms with E-state index in [1.54, 1.807) is 19.9 Å². The highest BCUT2D eigenvalue weighted by atomic mass is 32.2. The van der Waals surface area contributed by atoms with Crippen LogP contribution < -0.4 is 5.32 Å². The maximum atomic E-state index is 11.9. The number of nitriles is 1. The highest BCUT2D eigenvalue weighted by Crippen LogP contribution is 2.29. The number of aromatic nitrogens is 1. The summed E-state index contributed by atoms with van der Waals surface area (Å²) in [5.74, 6) is -0.102. The molecular weight excluding hydrogens is 263 g/mol. The minimum Gasteiger partial charge on any atom is -0.383 e. The monoisotopic (exact) mass is 275 g/mol. The summed E-state index contributed by atoms with van der Waals surface area (Å²) >= 11 is -0.0864. The Morgan fingerprint density at radius 3 is 2.67 bits per heavy atom. The van der Waals surface area contributed by atoms with Crippen LogP contribution in [0.2, 0.25) is 0 Å². The van der Waals surface area contributed by atoms with Crippen LogP contribution in [0.5, 0.6) is 0 Å². The van der Waals surface area contributed by atoms with E-state index >= 15 is 0 Å². The molecule has 0 amide bonds. The maximum absolute atomic E-state index is 11.9. The van der Waals surface area contributed by atoms with Crippen LogP contribution >= 0.6 is 11.8 Å². The van der Waals surface area contributed by atoms with Crippen molar-refractivity contribution in [2.75, 3.05) is 17.6 Å². The van der Waals surface area contributed by atoms with Gasteiger partial charge in [-0.3, -0.25) is 4.98 Å². The fourth-order valence-corrected chi connectivity index (χ4v) is 1.90. The normalized spacial score (nSPS) is 11.1. The van der Waals surface area contributed by atoms with Crippen molar-refractivity contribution in [1.29, 1.82) is 5.26 Å². The number of thioether (sulfide) groups is 1. The van der Waals surface area contributed by atoms with Crippen molar-refractivity contribution in [3.8, 4) is 6.07 Å². The summed E-state index contributed by atoms with van der Waals surface area (Å²) < 4.78 is 35.8. The van der Waals surface area contributed by atoms with Crippen LogP contribution in [0.15, 0.2) is 6.07 Å². The zero-order chi connectivity index (χ0) is 13.8. The number of aryl methyl sites for hydroxylation is 2. The number of hydrogen-bond acceptors (Lipinski definition) is 4. The smallest absolute Gasteiger partial charge is 0.383 e. The minimum atomic E-state index is -4.22. The molecule has 18 heavy (non-hydrogen) atoms. The van der Waals surface area contributed by atoms with Crippen molar-refractivity contribution < 1.29 is 13.2 Å². The molecule has 0 aliphatic rings. The molecule has 0 fully saturated rings. The summed E-state index contributed by atoms with van der Waals surface area (Å²) in [5.41, 5.74) is -2.02. The molecule has 3 nitrogen and oxygen atoms in total. The second-order valence-corrected chi connectivity index (χ2v) is 4.76. The van der Waals surface area contributed by atoms with Gasteiger partial charge in [0.2, 0.25) is 0 Å². The van der Waals surface area contributed by atoms with Crippen LogP contribution in [0.3, 0.4) is 0 Å². The first-order valence-electron chi connectivity index (χ1n) is 5.16. The van der Waals surface area contributed by atoms with Gasteiger partial charge in [-0.05, 0) is 31.7 Å². The quantitative estimate of drug-likeness (QED) is 0.857. The van der Waals surface area contributed by atoms with E-state index in [9.17, 15) is 13.2 Å². The van der Waals surface area contributed by atoms with Crippen LogP contribution in [-0.4, -0.2) is 22.8 Å². The maximum Gasteiger partial charge on any atom is 0.441 e. The van der Waals surface area contributed by atoms with Crippen molar-refractivity contribution in [1.82, 2.24) is 4.98 Å². The summed E-state index contributed by atoms with van der Waals surface area (Å²) in [5, 5.41) is 11.8. The van der Waals surface area contributed by atoms with E-state index < -0.39 is 5.51 Å². The Kier molecular flexibility index (Phi) is 4.84. The number of hydrogen-bond donors (Lipinski definition) is 1. The Balaban J connectivity index is 2.65. The lowest BCUT2D eigenvalue weighted by Gasteiger charge is -2.11. The Hall–Kier alpha value is -1.42. The van der Waals surface area contributed by atoms with Gasteiger partial charge in [-0.1, -0.05) is 0 Å². The molecular formula is C11H12F3N3S. The average molecular weight is 275 g/mol. The van der Waals surface area contributed by atoms with Crippen molar-refractivity contribution in [3.63, 3.8) is 0 Å². The zero-order valence-electron chi connectivity index (χ0n) is 9.93. The van der Waals surface area contributed by atoms with Gasteiger partial charge in [-0.25, -0.2) is 0 Å². The van der Waals surface area contributed by atoms with E-state index in [0.29, 0.717) is 16.9 Å². The number of nitrogens with zero attached hydrogens (tertiary/aromatic N) is 2. The highest BCUT2D eigenvalue weighted by molar-refractivity contribution is 8.00. The van der Waals surface area contributed by atoms with E-state index in [2.05, 4.69) is 10.3 Å². The molecule has 0 unspecified atom stereocenters. The van der Waals surface area contributed by atoms with E-state index in [0.717, 1.165) is 5.69 Å². The van der Waals surface area contributed by atoms with Crippen molar-refractivity contribution in [2.24, 2.45) is 0 Å². The molecule has 0 saturated heterocycles. The van der Waals surface area contributed by atoms with Gasteiger partial charge in [0.1, 0.15) is 6.07 Å². The molecule has 0 radical (unpaired) electrons. The van der Waals surface area contributed by atoms with Crippen LogP contribution in [0.4, 0.5) is 18.9 Å². The van der Waals surface area contributed by atoms with Gasteiger partial charge >= 0.3 is 5.51 Å². The summed E-state index contributed by atoms with van der Waals surface area (Å²) in [6, 6.07) is 3.65. The number of halogens is 3. The molecule has 98 valence electrons. The van der Waals surface area contributed by atoms with E-state index in [1.807, 2.05) is 6.07 Å². The van der Waals surface area contributed by atoms with Gasteiger partial charge in [0.25, 0.3) is 0 Å². The Morgan fingerprint density at radius 1 is 1.44 bits per heavy atom. The largest absolute Gasteiger partial charge is 0.441 e. The van der Waals surface area contributed by atoms with Gasteiger partial charge in [-0.15, -0.1) is 0 Å². The van der Waals surface area contributed by atoms with E-state index in [-0.39, 0.29) is 24.1 Å². The van der Waals surface area contributed by atoms with Crippen molar-refractivity contribution >= 4 is 17.4 Å². The number of pyridine rings is 1. The van der Waals surface area contributed by atoms with Gasteiger partial charge in [0.05, 0.1) is 16.9 Å². The fourth-order valence-electron chi connectivity index (χ4n) is 1.46. The Bertz CT molecular complexity index is 466. The second-order valence-electron chi connectivity index (χ2n) is 3.60. The molecule has 1 N–H and O–H groups in total. The molecule has 7 heteroatoms. The third-order valence-electron chi connectivity index (χ3n) is 2.12. The molecule has 1 aromatic heterocycles. The van der Waals surface area contributed by atoms with Crippen LogP contribution in [0.25, 0.3) is 0 Å². The molecule has 1 aromatic rings. The Labute approximate surface area is 107 Å². The number of anilines is 1. The van der Waals surface area contributed by atoms with Gasteiger partial charge < -0.3 is 5.32 Å². The van der Waals surface area contributed by atoms with E-state index in [4.69, 9.17) is 5.26 Å². The van der Waals surface area contributed by atoms with Gasteiger partial charge in [0, 0.05) is 18.0 Å². The molecule has 1 rings (SSSR count). The first kappa shape index (κ1) is 14.6. The molecule has 1 heterocycles. The first-order chi connectivity index (χ1) is 8.33. The highest BCUT2D eigenvalue weighted by Gasteiger charge is 2.27. The van der Waals surface area contributed by atoms with Gasteiger partial charge in [-0.2, -0.15) is 18.4 Å². The standard InChI is InChI=1S/C11H12F3N3S/c1-7-5-10(9(6-15)8(2)17-7)16-3-4-18-11(12,13)14/h5H,3-4H2,1-2H3,(H,16,17). The van der Waals surface area contributed by atoms with E-state index in [1.165, 1.54) is 0 Å². The third kappa shape index (κ3) is 4.45.